The van der Waals surface area contributed by atoms with Crippen molar-refractivity contribution in [2.24, 2.45) is 0 Å². The summed E-state index contributed by atoms with van der Waals surface area (Å²) in [5.74, 6) is 0.935. The number of hydrogen-bond donors (Lipinski definition) is 0. The number of rotatable bonds is 6. The number of methoxy groups -OCH3 is 2. The third-order valence-corrected chi connectivity index (χ3v) is 3.04. The molecule has 0 aliphatic rings. The average molecular weight is 265 g/mol. The Kier molecular flexibility index (Phi) is 5.36. The number of nitrogens with zero attached hydrogens (tertiary/aromatic N) is 1. The summed E-state index contributed by atoms with van der Waals surface area (Å²) in [4.78, 5) is 23.0. The first-order valence-electron chi connectivity index (χ1n) is 5.95. The molecule has 0 bridgehead atoms. The fourth-order valence-electron chi connectivity index (χ4n) is 1.85. The minimum atomic E-state index is -0.523. The van der Waals surface area contributed by atoms with Crippen LogP contribution in [0, 0.1) is 6.92 Å². The van der Waals surface area contributed by atoms with Crippen LogP contribution < -0.4 is 9.47 Å². The van der Waals surface area contributed by atoms with Gasteiger partial charge in [0.15, 0.2) is 0 Å². The predicted molar refractivity (Wildman–Crippen MR) is 71.7 cm³/mol. The number of likely N-dealkylation sites (N-methyl/N-ethyl adjacent to an activating group) is 1. The molecule has 0 aromatic heterocycles. The van der Waals surface area contributed by atoms with Crippen molar-refractivity contribution < 1.29 is 19.1 Å². The van der Waals surface area contributed by atoms with Crippen LogP contribution in [0.5, 0.6) is 11.5 Å². The van der Waals surface area contributed by atoms with Crippen LogP contribution in [0.4, 0.5) is 0 Å². The molecule has 0 saturated heterocycles. The molecule has 0 atom stereocenters. The van der Waals surface area contributed by atoms with Crippen LogP contribution in [-0.2, 0) is 16.0 Å². The maximum atomic E-state index is 11.2. The lowest BCUT2D eigenvalue weighted by Gasteiger charge is -2.17. The molecular weight excluding hydrogens is 246 g/mol. The van der Waals surface area contributed by atoms with Gasteiger partial charge in [0.25, 0.3) is 5.91 Å². The van der Waals surface area contributed by atoms with Gasteiger partial charge in [-0.1, -0.05) is 0 Å². The standard InChI is InChI=1S/C14H19NO4/c1-10-7-11(18-3)8-13(19-4)12(10)5-6-15(2)14(17)9-16/h7-9H,5-6H2,1-4H3. The highest BCUT2D eigenvalue weighted by atomic mass is 16.5. The predicted octanol–water partition coefficient (Wildman–Crippen LogP) is 1.21. The van der Waals surface area contributed by atoms with Crippen LogP contribution in [-0.4, -0.2) is 44.9 Å². The molecule has 0 N–H and O–H groups in total. The molecule has 1 amide bonds. The first-order valence-corrected chi connectivity index (χ1v) is 5.95. The fourth-order valence-corrected chi connectivity index (χ4v) is 1.85. The molecule has 1 rings (SSSR count). The molecule has 0 spiro atoms. The largest absolute Gasteiger partial charge is 0.497 e. The van der Waals surface area contributed by atoms with Crippen molar-refractivity contribution in [3.63, 3.8) is 0 Å². The first kappa shape index (κ1) is 15.0. The van der Waals surface area contributed by atoms with E-state index < -0.39 is 5.91 Å². The Hall–Kier alpha value is -2.04. The average Bonchev–Trinajstić information content (AvgIpc) is 2.43. The van der Waals surface area contributed by atoms with Gasteiger partial charge in [-0.25, -0.2) is 0 Å². The lowest BCUT2D eigenvalue weighted by atomic mass is 10.0. The van der Waals surface area contributed by atoms with E-state index >= 15 is 0 Å². The molecule has 0 unspecified atom stereocenters. The van der Waals surface area contributed by atoms with Gasteiger partial charge in [0.05, 0.1) is 14.2 Å². The van der Waals surface area contributed by atoms with Crippen LogP contribution in [0.15, 0.2) is 12.1 Å². The summed E-state index contributed by atoms with van der Waals surface area (Å²) in [5, 5.41) is 0. The minimum absolute atomic E-state index is 0.318. The van der Waals surface area contributed by atoms with Crippen molar-refractivity contribution in [2.45, 2.75) is 13.3 Å². The van der Waals surface area contributed by atoms with E-state index in [1.54, 1.807) is 21.3 Å². The molecule has 19 heavy (non-hydrogen) atoms. The zero-order chi connectivity index (χ0) is 14.4. The van der Waals surface area contributed by atoms with E-state index in [-0.39, 0.29) is 0 Å². The molecule has 0 saturated carbocycles. The Labute approximate surface area is 113 Å². The molecular formula is C14H19NO4. The summed E-state index contributed by atoms with van der Waals surface area (Å²) in [5.41, 5.74) is 2.04. The molecule has 1 aromatic rings. The Balaban J connectivity index is 2.88. The summed E-state index contributed by atoms with van der Waals surface area (Å²) in [6.45, 7) is 2.42. The van der Waals surface area contributed by atoms with Gasteiger partial charge in [0.1, 0.15) is 11.5 Å². The second kappa shape index (κ2) is 6.78. The van der Waals surface area contributed by atoms with E-state index in [9.17, 15) is 9.59 Å². The van der Waals surface area contributed by atoms with Crippen LogP contribution >= 0.6 is 0 Å². The summed E-state index contributed by atoms with van der Waals surface area (Å²) < 4.78 is 10.5. The molecule has 0 aliphatic carbocycles. The molecule has 104 valence electrons. The number of carbonyl (C=O) groups excluding carboxylic acids is 2. The van der Waals surface area contributed by atoms with E-state index in [1.807, 2.05) is 19.1 Å². The highest BCUT2D eigenvalue weighted by Gasteiger charge is 2.12. The van der Waals surface area contributed by atoms with Gasteiger partial charge in [-0.15, -0.1) is 0 Å². The van der Waals surface area contributed by atoms with E-state index in [1.165, 1.54) is 4.90 Å². The number of carbonyl (C=O) groups is 2. The SMILES string of the molecule is COc1cc(C)c(CCN(C)C(=O)C=O)c(OC)c1. The highest BCUT2D eigenvalue weighted by molar-refractivity contribution is 6.23. The number of amides is 1. The molecule has 0 aliphatic heterocycles. The Morgan fingerprint density at radius 3 is 2.53 bits per heavy atom. The third kappa shape index (κ3) is 3.71. The van der Waals surface area contributed by atoms with Gasteiger partial charge < -0.3 is 14.4 Å². The summed E-state index contributed by atoms with van der Waals surface area (Å²) in [7, 11) is 4.80. The van der Waals surface area contributed by atoms with Crippen LogP contribution in [0.2, 0.25) is 0 Å². The number of hydrogen-bond acceptors (Lipinski definition) is 4. The first-order chi connectivity index (χ1) is 9.03. The van der Waals surface area contributed by atoms with Gasteiger partial charge in [-0.2, -0.15) is 0 Å². The summed E-state index contributed by atoms with van der Waals surface area (Å²) >= 11 is 0. The van der Waals surface area contributed by atoms with Gasteiger partial charge in [0.2, 0.25) is 6.29 Å². The van der Waals surface area contributed by atoms with Crippen LogP contribution in [0.1, 0.15) is 11.1 Å². The molecule has 5 heteroatoms. The fraction of sp³-hybridized carbons (Fsp3) is 0.429. The van der Waals surface area contributed by atoms with Crippen molar-refractivity contribution >= 4 is 12.2 Å². The van der Waals surface area contributed by atoms with Crippen molar-refractivity contribution in [1.82, 2.24) is 4.90 Å². The zero-order valence-electron chi connectivity index (χ0n) is 11.7. The van der Waals surface area contributed by atoms with Crippen molar-refractivity contribution in [1.29, 1.82) is 0 Å². The third-order valence-electron chi connectivity index (χ3n) is 3.04. The van der Waals surface area contributed by atoms with Gasteiger partial charge >= 0.3 is 0 Å². The number of benzene rings is 1. The maximum Gasteiger partial charge on any atom is 0.286 e. The second-order valence-corrected chi connectivity index (χ2v) is 4.25. The smallest absolute Gasteiger partial charge is 0.286 e. The van der Waals surface area contributed by atoms with Gasteiger partial charge in [0, 0.05) is 19.7 Å². The monoisotopic (exact) mass is 265 g/mol. The molecule has 0 radical (unpaired) electrons. The number of aldehydes is 1. The quantitative estimate of drug-likeness (QED) is 0.573. The van der Waals surface area contributed by atoms with Crippen molar-refractivity contribution in [2.75, 3.05) is 27.8 Å². The summed E-state index contributed by atoms with van der Waals surface area (Å²) in [6, 6.07) is 3.73. The zero-order valence-corrected chi connectivity index (χ0v) is 11.7. The molecule has 0 fully saturated rings. The maximum absolute atomic E-state index is 11.2. The molecule has 1 aromatic carbocycles. The topological polar surface area (TPSA) is 55.8 Å². The van der Waals surface area contributed by atoms with Crippen molar-refractivity contribution in [3.05, 3.63) is 23.3 Å². The number of aryl methyl sites for hydroxylation is 1. The normalized spacial score (nSPS) is 9.89. The Morgan fingerprint density at radius 1 is 1.32 bits per heavy atom. The molecule has 0 heterocycles. The van der Waals surface area contributed by atoms with Crippen LogP contribution in [0.25, 0.3) is 0 Å². The van der Waals surface area contributed by atoms with E-state index in [0.717, 1.165) is 22.6 Å². The highest BCUT2D eigenvalue weighted by Crippen LogP contribution is 2.28. The number of ether oxygens (including phenoxy) is 2. The minimum Gasteiger partial charge on any atom is -0.497 e. The molecule has 5 nitrogen and oxygen atoms in total. The van der Waals surface area contributed by atoms with Crippen molar-refractivity contribution in [3.8, 4) is 11.5 Å². The van der Waals surface area contributed by atoms with E-state index in [4.69, 9.17) is 9.47 Å². The van der Waals surface area contributed by atoms with E-state index in [0.29, 0.717) is 19.3 Å². The van der Waals surface area contributed by atoms with E-state index in [2.05, 4.69) is 0 Å². The van der Waals surface area contributed by atoms with Gasteiger partial charge in [-0.3, -0.25) is 9.59 Å². The lowest BCUT2D eigenvalue weighted by molar-refractivity contribution is -0.137. The van der Waals surface area contributed by atoms with Gasteiger partial charge in [-0.05, 0) is 30.5 Å². The van der Waals surface area contributed by atoms with Crippen LogP contribution in [0.3, 0.4) is 0 Å². The second-order valence-electron chi connectivity index (χ2n) is 4.25. The summed E-state index contributed by atoms with van der Waals surface area (Å²) in [6.07, 6.45) is 0.938. The Bertz CT molecular complexity index is 471. The Morgan fingerprint density at radius 2 is 2.00 bits per heavy atom. The lowest BCUT2D eigenvalue weighted by Crippen LogP contribution is -2.29.